The highest BCUT2D eigenvalue weighted by Gasteiger charge is 2.44. The molecule has 15 heavy (non-hydrogen) atoms. The van der Waals surface area contributed by atoms with Crippen LogP contribution in [0.5, 0.6) is 0 Å². The van der Waals surface area contributed by atoms with Gasteiger partial charge in [-0.15, -0.1) is 0 Å². The molecule has 7 heteroatoms. The van der Waals surface area contributed by atoms with Gasteiger partial charge in [-0.2, -0.15) is 0 Å². The first-order chi connectivity index (χ1) is 6.81. The number of ketones is 1. The molecule has 0 spiro atoms. The Morgan fingerprint density at radius 3 is 2.20 bits per heavy atom. The van der Waals surface area contributed by atoms with E-state index in [9.17, 15) is 19.8 Å². The molecule has 0 aliphatic carbocycles. The zero-order chi connectivity index (χ0) is 12.2. The Morgan fingerprint density at radius 2 is 1.93 bits per heavy atom. The van der Waals surface area contributed by atoms with Crippen molar-refractivity contribution in [1.29, 1.82) is 0 Å². The summed E-state index contributed by atoms with van der Waals surface area (Å²) < 4.78 is 0. The number of nitrogens with two attached hydrogens (primary N) is 1. The lowest BCUT2D eigenvalue weighted by atomic mass is 9.86. The number of carbonyl (C=O) groups is 2. The molecule has 4 unspecified atom stereocenters. The van der Waals surface area contributed by atoms with E-state index >= 15 is 0 Å². The van der Waals surface area contributed by atoms with Crippen molar-refractivity contribution >= 4 is 12.1 Å². The van der Waals surface area contributed by atoms with Gasteiger partial charge in [-0.1, -0.05) is 0 Å². The monoisotopic (exact) mass is 221 g/mol. The average molecular weight is 221 g/mol. The summed E-state index contributed by atoms with van der Waals surface area (Å²) >= 11 is 0. The van der Waals surface area contributed by atoms with Crippen molar-refractivity contribution < 1.29 is 30.0 Å². The molecule has 0 aliphatic rings. The van der Waals surface area contributed by atoms with Crippen LogP contribution in [0, 0.1) is 0 Å². The van der Waals surface area contributed by atoms with Gasteiger partial charge in [0.1, 0.15) is 24.6 Å². The van der Waals surface area contributed by atoms with E-state index in [2.05, 4.69) is 0 Å². The first kappa shape index (κ1) is 14.1. The van der Waals surface area contributed by atoms with E-state index in [1.165, 1.54) is 0 Å². The lowest BCUT2D eigenvalue weighted by Gasteiger charge is -2.31. The fourth-order valence-corrected chi connectivity index (χ4v) is 0.962. The number of aliphatic hydroxyl groups excluding tert-OH is 4. The van der Waals surface area contributed by atoms with E-state index in [-0.39, 0.29) is 6.29 Å². The predicted molar refractivity (Wildman–Crippen MR) is 48.8 cm³/mol. The predicted octanol–water partition coefficient (Wildman–Crippen LogP) is -3.45. The van der Waals surface area contributed by atoms with Crippen molar-refractivity contribution in [1.82, 2.24) is 0 Å². The molecule has 0 saturated heterocycles. The van der Waals surface area contributed by atoms with Crippen molar-refractivity contribution in [2.45, 2.75) is 30.8 Å². The summed E-state index contributed by atoms with van der Waals surface area (Å²) in [6, 6.07) is 0. The highest BCUT2D eigenvalue weighted by molar-refractivity contribution is 6.02. The fourth-order valence-electron chi connectivity index (χ4n) is 0.962. The third kappa shape index (κ3) is 2.80. The van der Waals surface area contributed by atoms with Gasteiger partial charge < -0.3 is 31.0 Å². The fraction of sp³-hybridized carbons (Fsp3) is 0.750. The Kier molecular flexibility index (Phi) is 4.98. The van der Waals surface area contributed by atoms with Gasteiger partial charge in [-0.3, -0.25) is 4.79 Å². The zero-order valence-electron chi connectivity index (χ0n) is 8.20. The molecule has 7 nitrogen and oxygen atoms in total. The van der Waals surface area contributed by atoms with Crippen molar-refractivity contribution in [3.63, 3.8) is 0 Å². The molecule has 4 atom stereocenters. The van der Waals surface area contributed by atoms with Gasteiger partial charge >= 0.3 is 0 Å². The standard InChI is InChI=1S/C8H15NO6/c1-4(12)8(9,3-11)7(15)6(14)5(13)2-10/h3,5-7,10,13-15H,2,9H2,1H3. The summed E-state index contributed by atoms with van der Waals surface area (Å²) in [5.74, 6) is -0.853. The number of Topliss-reactive ketones (excluding diaryl/α,β-unsaturated/α-hetero) is 1. The Morgan fingerprint density at radius 1 is 1.47 bits per heavy atom. The first-order valence-electron chi connectivity index (χ1n) is 4.22. The molecule has 0 amide bonds. The second kappa shape index (κ2) is 5.29. The van der Waals surface area contributed by atoms with Gasteiger partial charge in [0.15, 0.2) is 11.3 Å². The highest BCUT2D eigenvalue weighted by Crippen LogP contribution is 2.12. The van der Waals surface area contributed by atoms with Crippen LogP contribution in [-0.4, -0.2) is 63.0 Å². The van der Waals surface area contributed by atoms with Gasteiger partial charge in [0.2, 0.25) is 0 Å². The highest BCUT2D eigenvalue weighted by atomic mass is 16.4. The Hall–Kier alpha value is -0.860. The molecule has 0 rings (SSSR count). The van der Waals surface area contributed by atoms with E-state index in [0.29, 0.717) is 0 Å². The van der Waals surface area contributed by atoms with Crippen LogP contribution >= 0.6 is 0 Å². The lowest BCUT2D eigenvalue weighted by molar-refractivity contribution is -0.143. The van der Waals surface area contributed by atoms with Crippen molar-refractivity contribution in [2.24, 2.45) is 5.73 Å². The van der Waals surface area contributed by atoms with Crippen LogP contribution in [0.3, 0.4) is 0 Å². The summed E-state index contributed by atoms with van der Waals surface area (Å²) in [7, 11) is 0. The molecule has 0 aliphatic heterocycles. The van der Waals surface area contributed by atoms with Crippen LogP contribution in [0.4, 0.5) is 0 Å². The summed E-state index contributed by atoms with van der Waals surface area (Å²) in [5.41, 5.74) is 2.97. The van der Waals surface area contributed by atoms with Crippen molar-refractivity contribution in [3.8, 4) is 0 Å². The quantitative estimate of drug-likeness (QED) is 0.232. The largest absolute Gasteiger partial charge is 0.394 e. The molecular weight excluding hydrogens is 206 g/mol. The summed E-state index contributed by atoms with van der Waals surface area (Å²) in [6.07, 6.45) is -5.54. The van der Waals surface area contributed by atoms with Crippen LogP contribution < -0.4 is 5.73 Å². The van der Waals surface area contributed by atoms with Gasteiger partial charge in [-0.25, -0.2) is 0 Å². The lowest BCUT2D eigenvalue weighted by Crippen LogP contribution is -2.64. The van der Waals surface area contributed by atoms with Gasteiger partial charge in [0, 0.05) is 0 Å². The van der Waals surface area contributed by atoms with Crippen LogP contribution in [0.1, 0.15) is 6.92 Å². The van der Waals surface area contributed by atoms with Crippen LogP contribution in [0.25, 0.3) is 0 Å². The number of hydrogen-bond acceptors (Lipinski definition) is 7. The minimum absolute atomic E-state index is 0.00663. The molecule has 0 aromatic heterocycles. The second-order valence-corrected chi connectivity index (χ2v) is 3.29. The van der Waals surface area contributed by atoms with E-state index in [1.54, 1.807) is 0 Å². The van der Waals surface area contributed by atoms with Gasteiger partial charge in [-0.05, 0) is 6.92 Å². The van der Waals surface area contributed by atoms with E-state index in [0.717, 1.165) is 6.92 Å². The van der Waals surface area contributed by atoms with Crippen LogP contribution in [0.15, 0.2) is 0 Å². The topological polar surface area (TPSA) is 141 Å². The van der Waals surface area contributed by atoms with Crippen molar-refractivity contribution in [3.05, 3.63) is 0 Å². The third-order valence-corrected chi connectivity index (χ3v) is 2.20. The molecule has 6 N–H and O–H groups in total. The van der Waals surface area contributed by atoms with Crippen LogP contribution in [0.2, 0.25) is 0 Å². The first-order valence-corrected chi connectivity index (χ1v) is 4.22. The minimum atomic E-state index is -2.28. The Balaban J connectivity index is 4.87. The molecule has 0 aromatic rings. The number of hydrogen-bond donors (Lipinski definition) is 5. The van der Waals surface area contributed by atoms with Gasteiger partial charge in [0.05, 0.1) is 6.61 Å². The SMILES string of the molecule is CC(=O)C(N)(C=O)C(O)C(O)C(O)CO. The third-order valence-electron chi connectivity index (χ3n) is 2.20. The molecular formula is C8H15NO6. The normalized spacial score (nSPS) is 21.2. The van der Waals surface area contributed by atoms with E-state index < -0.39 is 36.2 Å². The maximum Gasteiger partial charge on any atom is 0.159 e. The average Bonchev–Trinajstić information content (AvgIpc) is 2.24. The van der Waals surface area contributed by atoms with Crippen molar-refractivity contribution in [2.75, 3.05) is 6.61 Å². The zero-order valence-corrected chi connectivity index (χ0v) is 8.20. The smallest absolute Gasteiger partial charge is 0.159 e. The summed E-state index contributed by atoms with van der Waals surface area (Å²) in [6.45, 7) is 0.140. The molecule has 0 radical (unpaired) electrons. The molecule has 0 heterocycles. The number of aldehydes is 1. The maximum atomic E-state index is 11.0. The molecule has 0 saturated carbocycles. The summed E-state index contributed by atoms with van der Waals surface area (Å²) in [4.78, 5) is 21.5. The summed E-state index contributed by atoms with van der Waals surface area (Å²) in [5, 5.41) is 36.2. The number of carbonyl (C=O) groups excluding carboxylic acids is 2. The molecule has 0 aromatic carbocycles. The van der Waals surface area contributed by atoms with Crippen LogP contribution in [-0.2, 0) is 9.59 Å². The second-order valence-electron chi connectivity index (χ2n) is 3.29. The molecule has 88 valence electrons. The minimum Gasteiger partial charge on any atom is -0.394 e. The number of aliphatic hydroxyl groups is 4. The molecule has 0 bridgehead atoms. The maximum absolute atomic E-state index is 11.0. The Bertz CT molecular complexity index is 245. The Labute approximate surface area is 86.1 Å². The van der Waals surface area contributed by atoms with E-state index in [4.69, 9.17) is 15.9 Å². The number of rotatable bonds is 6. The molecule has 0 fully saturated rings. The van der Waals surface area contributed by atoms with Gasteiger partial charge in [0.25, 0.3) is 0 Å². The van der Waals surface area contributed by atoms with E-state index in [1.807, 2.05) is 0 Å².